The SMILES string of the molecule is Cc1cc(CNCC2CC=CCC2)sc1C. The Morgan fingerprint density at radius 2 is 2.25 bits per heavy atom. The molecule has 2 heteroatoms. The van der Waals surface area contributed by atoms with Crippen molar-refractivity contribution in [1.29, 1.82) is 0 Å². The first kappa shape index (κ1) is 11.9. The smallest absolute Gasteiger partial charge is 0.0300 e. The van der Waals surface area contributed by atoms with Crippen molar-refractivity contribution in [1.82, 2.24) is 5.32 Å². The van der Waals surface area contributed by atoms with E-state index in [1.54, 1.807) is 0 Å². The average Bonchev–Trinajstić information content (AvgIpc) is 2.60. The maximum absolute atomic E-state index is 3.59. The van der Waals surface area contributed by atoms with E-state index in [0.717, 1.165) is 12.5 Å². The summed E-state index contributed by atoms with van der Waals surface area (Å²) in [6, 6.07) is 2.31. The molecule has 1 aromatic rings. The van der Waals surface area contributed by atoms with E-state index in [9.17, 15) is 0 Å². The summed E-state index contributed by atoms with van der Waals surface area (Å²) in [5.41, 5.74) is 1.43. The van der Waals surface area contributed by atoms with Crippen LogP contribution in [0.2, 0.25) is 0 Å². The fourth-order valence-electron chi connectivity index (χ4n) is 2.18. The topological polar surface area (TPSA) is 12.0 Å². The van der Waals surface area contributed by atoms with E-state index >= 15 is 0 Å². The molecule has 2 rings (SSSR count). The molecule has 1 nitrogen and oxygen atoms in total. The molecule has 1 aromatic heterocycles. The number of hydrogen-bond donors (Lipinski definition) is 1. The lowest BCUT2D eigenvalue weighted by molar-refractivity contribution is 0.441. The van der Waals surface area contributed by atoms with Gasteiger partial charge in [0.2, 0.25) is 0 Å². The van der Waals surface area contributed by atoms with E-state index in [1.165, 1.54) is 41.1 Å². The minimum absolute atomic E-state index is 0.854. The van der Waals surface area contributed by atoms with Gasteiger partial charge in [-0.25, -0.2) is 0 Å². The normalized spacial score (nSPS) is 20.2. The molecule has 0 spiro atoms. The van der Waals surface area contributed by atoms with Crippen molar-refractivity contribution in [3.05, 3.63) is 33.5 Å². The van der Waals surface area contributed by atoms with Gasteiger partial charge in [-0.1, -0.05) is 12.2 Å². The molecule has 16 heavy (non-hydrogen) atoms. The molecule has 0 radical (unpaired) electrons. The number of allylic oxidation sites excluding steroid dienone is 2. The van der Waals surface area contributed by atoms with Crippen LogP contribution in [0.15, 0.2) is 18.2 Å². The highest BCUT2D eigenvalue weighted by molar-refractivity contribution is 7.12. The van der Waals surface area contributed by atoms with E-state index in [4.69, 9.17) is 0 Å². The van der Waals surface area contributed by atoms with Crippen molar-refractivity contribution in [2.24, 2.45) is 5.92 Å². The molecule has 1 unspecified atom stereocenters. The van der Waals surface area contributed by atoms with E-state index < -0.39 is 0 Å². The third-order valence-corrected chi connectivity index (χ3v) is 4.48. The number of rotatable bonds is 4. The van der Waals surface area contributed by atoms with Crippen LogP contribution in [0.5, 0.6) is 0 Å². The number of hydrogen-bond acceptors (Lipinski definition) is 2. The van der Waals surface area contributed by atoms with Crippen molar-refractivity contribution in [2.75, 3.05) is 6.54 Å². The lowest BCUT2D eigenvalue weighted by atomic mass is 9.94. The Labute approximate surface area is 103 Å². The standard InChI is InChI=1S/C14H21NS/c1-11-8-14(16-12(11)2)10-15-9-13-6-4-3-5-7-13/h3-4,8,13,15H,5-7,9-10H2,1-2H3. The Morgan fingerprint density at radius 1 is 1.38 bits per heavy atom. The van der Waals surface area contributed by atoms with Crippen molar-refractivity contribution >= 4 is 11.3 Å². The van der Waals surface area contributed by atoms with Crippen LogP contribution in [0.4, 0.5) is 0 Å². The van der Waals surface area contributed by atoms with Gasteiger partial charge in [0.25, 0.3) is 0 Å². The van der Waals surface area contributed by atoms with Gasteiger partial charge in [-0.15, -0.1) is 11.3 Å². The number of nitrogens with one attached hydrogen (secondary N) is 1. The van der Waals surface area contributed by atoms with Gasteiger partial charge in [-0.05, 0) is 57.2 Å². The Hall–Kier alpha value is -0.600. The van der Waals surface area contributed by atoms with Gasteiger partial charge in [0.05, 0.1) is 0 Å². The second-order valence-corrected chi connectivity index (χ2v) is 6.07. The molecule has 0 saturated heterocycles. The highest BCUT2D eigenvalue weighted by Crippen LogP contribution is 2.21. The lowest BCUT2D eigenvalue weighted by Crippen LogP contribution is -2.22. The van der Waals surface area contributed by atoms with Crippen molar-refractivity contribution < 1.29 is 0 Å². The molecule has 1 N–H and O–H groups in total. The number of thiophene rings is 1. The zero-order valence-electron chi connectivity index (χ0n) is 10.3. The third kappa shape index (κ3) is 3.19. The van der Waals surface area contributed by atoms with Gasteiger partial charge in [-0.3, -0.25) is 0 Å². The molecular formula is C14H21NS. The summed E-state index contributed by atoms with van der Waals surface area (Å²) in [6.07, 6.45) is 8.52. The molecule has 1 aliphatic rings. The van der Waals surface area contributed by atoms with Crippen molar-refractivity contribution in [2.45, 2.75) is 39.7 Å². The molecule has 1 atom stereocenters. The second kappa shape index (κ2) is 5.65. The second-order valence-electron chi connectivity index (χ2n) is 4.73. The molecule has 0 aliphatic heterocycles. The summed E-state index contributed by atoms with van der Waals surface area (Å²) in [5.74, 6) is 0.854. The molecule has 0 amide bonds. The van der Waals surface area contributed by atoms with Crippen LogP contribution in [-0.4, -0.2) is 6.54 Å². The molecule has 0 aromatic carbocycles. The highest BCUT2D eigenvalue weighted by Gasteiger charge is 2.09. The highest BCUT2D eigenvalue weighted by atomic mass is 32.1. The van der Waals surface area contributed by atoms with Gasteiger partial charge in [0.15, 0.2) is 0 Å². The van der Waals surface area contributed by atoms with Crippen LogP contribution in [0.25, 0.3) is 0 Å². The fourth-order valence-corrected chi connectivity index (χ4v) is 3.20. The Balaban J connectivity index is 1.73. The van der Waals surface area contributed by atoms with E-state index in [-0.39, 0.29) is 0 Å². The van der Waals surface area contributed by atoms with Crippen LogP contribution in [-0.2, 0) is 6.54 Å². The molecule has 0 fully saturated rings. The third-order valence-electron chi connectivity index (χ3n) is 3.33. The Bertz CT molecular complexity index is 345. The fraction of sp³-hybridized carbons (Fsp3) is 0.571. The monoisotopic (exact) mass is 235 g/mol. The average molecular weight is 235 g/mol. The summed E-state index contributed by atoms with van der Waals surface area (Å²) in [4.78, 5) is 2.93. The molecule has 0 saturated carbocycles. The maximum Gasteiger partial charge on any atom is 0.0300 e. The maximum atomic E-state index is 3.59. The van der Waals surface area contributed by atoms with Gasteiger partial charge in [-0.2, -0.15) is 0 Å². The van der Waals surface area contributed by atoms with Gasteiger partial charge in [0, 0.05) is 16.3 Å². The summed E-state index contributed by atoms with van der Waals surface area (Å²) in [5, 5.41) is 3.59. The van der Waals surface area contributed by atoms with Gasteiger partial charge in [0.1, 0.15) is 0 Å². The van der Waals surface area contributed by atoms with Gasteiger partial charge < -0.3 is 5.32 Å². The molecular weight excluding hydrogens is 214 g/mol. The molecule has 0 bridgehead atoms. The van der Waals surface area contributed by atoms with Gasteiger partial charge >= 0.3 is 0 Å². The number of aryl methyl sites for hydroxylation is 2. The first-order valence-electron chi connectivity index (χ1n) is 6.17. The van der Waals surface area contributed by atoms with Crippen molar-refractivity contribution in [3.63, 3.8) is 0 Å². The van der Waals surface area contributed by atoms with E-state index in [1.807, 2.05) is 11.3 Å². The summed E-state index contributed by atoms with van der Waals surface area (Å²) >= 11 is 1.92. The predicted molar refractivity (Wildman–Crippen MR) is 72.0 cm³/mol. The van der Waals surface area contributed by atoms with Crippen molar-refractivity contribution in [3.8, 4) is 0 Å². The Morgan fingerprint density at radius 3 is 2.88 bits per heavy atom. The van der Waals surface area contributed by atoms with Crippen LogP contribution in [0.3, 0.4) is 0 Å². The van der Waals surface area contributed by atoms with Crippen LogP contribution in [0.1, 0.15) is 34.6 Å². The summed E-state index contributed by atoms with van der Waals surface area (Å²) in [6.45, 7) is 6.61. The summed E-state index contributed by atoms with van der Waals surface area (Å²) in [7, 11) is 0. The summed E-state index contributed by atoms with van der Waals surface area (Å²) < 4.78 is 0. The van der Waals surface area contributed by atoms with Crippen LogP contribution < -0.4 is 5.32 Å². The van der Waals surface area contributed by atoms with E-state index in [0.29, 0.717) is 0 Å². The minimum Gasteiger partial charge on any atom is -0.312 e. The largest absolute Gasteiger partial charge is 0.312 e. The zero-order valence-corrected chi connectivity index (χ0v) is 11.1. The van der Waals surface area contributed by atoms with Crippen LogP contribution >= 0.6 is 11.3 Å². The molecule has 1 aliphatic carbocycles. The first-order valence-corrected chi connectivity index (χ1v) is 6.99. The molecule has 88 valence electrons. The molecule has 1 heterocycles. The van der Waals surface area contributed by atoms with Crippen LogP contribution in [0, 0.1) is 19.8 Å². The minimum atomic E-state index is 0.854. The predicted octanol–water partition coefficient (Wildman–Crippen LogP) is 3.81. The lowest BCUT2D eigenvalue weighted by Gasteiger charge is -2.17. The first-order chi connectivity index (χ1) is 7.75. The Kier molecular flexibility index (Phi) is 4.19. The van der Waals surface area contributed by atoms with E-state index in [2.05, 4.69) is 37.4 Å². The zero-order chi connectivity index (χ0) is 11.4. The quantitative estimate of drug-likeness (QED) is 0.783.